The maximum absolute atomic E-state index is 12.3. The molecule has 3 rings (SSSR count). The summed E-state index contributed by atoms with van der Waals surface area (Å²) in [6, 6.07) is 9.08. The molecule has 2 heterocycles. The van der Waals surface area contributed by atoms with E-state index in [0.717, 1.165) is 10.0 Å². The van der Waals surface area contributed by atoms with Gasteiger partial charge in [-0.2, -0.15) is 0 Å². The predicted molar refractivity (Wildman–Crippen MR) is 74.8 cm³/mol. The monoisotopic (exact) mass is 316 g/mol. The molecule has 0 saturated carbocycles. The zero-order chi connectivity index (χ0) is 13.2. The summed E-state index contributed by atoms with van der Waals surface area (Å²) in [6.45, 7) is 0.363. The Morgan fingerprint density at radius 3 is 2.95 bits per heavy atom. The number of pyridine rings is 1. The molecule has 0 aliphatic carbocycles. The van der Waals surface area contributed by atoms with E-state index in [-0.39, 0.29) is 5.56 Å². The highest BCUT2D eigenvalue weighted by atomic mass is 79.9. The molecule has 0 unspecified atom stereocenters. The average Bonchev–Trinajstić information content (AvgIpc) is 2.44. The first-order valence-corrected chi connectivity index (χ1v) is 6.45. The van der Waals surface area contributed by atoms with E-state index in [1.54, 1.807) is 24.5 Å². The molecule has 0 N–H and O–H groups in total. The standard InChI is InChI=1S/C13H9BrN4O/c14-10-3-4-12-11(6-10)13(19)18(17-16-12)8-9-2-1-5-15-7-9/h1-7H,8H2. The number of fused-ring (bicyclic) bond motifs is 1. The third-order valence-corrected chi connectivity index (χ3v) is 3.23. The van der Waals surface area contributed by atoms with Gasteiger partial charge in [-0.05, 0) is 29.8 Å². The molecule has 0 aliphatic heterocycles. The Morgan fingerprint density at radius 2 is 2.16 bits per heavy atom. The second-order valence-corrected chi connectivity index (χ2v) is 4.99. The summed E-state index contributed by atoms with van der Waals surface area (Å²) in [7, 11) is 0. The van der Waals surface area contributed by atoms with Gasteiger partial charge in [-0.25, -0.2) is 4.68 Å². The van der Waals surface area contributed by atoms with E-state index in [9.17, 15) is 4.79 Å². The van der Waals surface area contributed by atoms with Crippen LogP contribution in [-0.4, -0.2) is 20.0 Å². The van der Waals surface area contributed by atoms with Crippen molar-refractivity contribution in [2.45, 2.75) is 6.54 Å². The first-order valence-electron chi connectivity index (χ1n) is 5.66. The highest BCUT2D eigenvalue weighted by Crippen LogP contribution is 2.14. The van der Waals surface area contributed by atoms with E-state index in [1.165, 1.54) is 4.68 Å². The number of hydrogen-bond donors (Lipinski definition) is 0. The number of aromatic nitrogens is 4. The van der Waals surface area contributed by atoms with Gasteiger partial charge in [-0.15, -0.1) is 5.10 Å². The second kappa shape index (κ2) is 4.89. The Labute approximate surface area is 117 Å². The molecule has 3 aromatic rings. The van der Waals surface area contributed by atoms with Crippen LogP contribution in [0.4, 0.5) is 0 Å². The summed E-state index contributed by atoms with van der Waals surface area (Å²) in [5.41, 5.74) is 1.35. The minimum Gasteiger partial charge on any atom is -0.267 e. The molecule has 6 heteroatoms. The van der Waals surface area contributed by atoms with E-state index < -0.39 is 0 Å². The van der Waals surface area contributed by atoms with Crippen LogP contribution in [-0.2, 0) is 6.54 Å². The van der Waals surface area contributed by atoms with Gasteiger partial charge in [-0.3, -0.25) is 9.78 Å². The largest absolute Gasteiger partial charge is 0.277 e. The van der Waals surface area contributed by atoms with Gasteiger partial charge in [0.25, 0.3) is 5.56 Å². The van der Waals surface area contributed by atoms with Gasteiger partial charge < -0.3 is 0 Å². The van der Waals surface area contributed by atoms with Crippen molar-refractivity contribution in [1.82, 2.24) is 20.0 Å². The average molecular weight is 317 g/mol. The van der Waals surface area contributed by atoms with Crippen LogP contribution < -0.4 is 5.56 Å². The summed E-state index contributed by atoms with van der Waals surface area (Å²) in [5, 5.41) is 8.54. The molecule has 94 valence electrons. The van der Waals surface area contributed by atoms with Crippen LogP contribution in [0.5, 0.6) is 0 Å². The van der Waals surface area contributed by atoms with Crippen LogP contribution in [0.3, 0.4) is 0 Å². The maximum Gasteiger partial charge on any atom is 0.277 e. The van der Waals surface area contributed by atoms with Crippen molar-refractivity contribution in [2.75, 3.05) is 0 Å². The predicted octanol–water partition coefficient (Wildman–Crippen LogP) is 2.00. The molecule has 5 nitrogen and oxygen atoms in total. The topological polar surface area (TPSA) is 60.7 Å². The normalized spacial score (nSPS) is 10.8. The van der Waals surface area contributed by atoms with Crippen molar-refractivity contribution in [3.63, 3.8) is 0 Å². The van der Waals surface area contributed by atoms with E-state index in [1.807, 2.05) is 18.2 Å². The van der Waals surface area contributed by atoms with Crippen LogP contribution in [0.15, 0.2) is 52.0 Å². The van der Waals surface area contributed by atoms with Crippen molar-refractivity contribution >= 4 is 26.8 Å². The van der Waals surface area contributed by atoms with Crippen LogP contribution in [0, 0.1) is 0 Å². The highest BCUT2D eigenvalue weighted by molar-refractivity contribution is 9.10. The van der Waals surface area contributed by atoms with E-state index in [4.69, 9.17) is 0 Å². The number of rotatable bonds is 2. The third kappa shape index (κ3) is 2.39. The minimum absolute atomic E-state index is 0.157. The van der Waals surface area contributed by atoms with Gasteiger partial charge in [0.15, 0.2) is 0 Å². The summed E-state index contributed by atoms with van der Waals surface area (Å²) >= 11 is 3.35. The Kier molecular flexibility index (Phi) is 3.08. The highest BCUT2D eigenvalue weighted by Gasteiger charge is 2.06. The van der Waals surface area contributed by atoms with Crippen molar-refractivity contribution in [1.29, 1.82) is 0 Å². The minimum atomic E-state index is -0.157. The quantitative estimate of drug-likeness (QED) is 0.725. The number of nitrogens with zero attached hydrogens (tertiary/aromatic N) is 4. The van der Waals surface area contributed by atoms with Crippen LogP contribution in [0.2, 0.25) is 0 Å². The fraction of sp³-hybridized carbons (Fsp3) is 0.0769. The number of benzene rings is 1. The van der Waals surface area contributed by atoms with Gasteiger partial charge in [0.1, 0.15) is 5.52 Å². The lowest BCUT2D eigenvalue weighted by molar-refractivity contribution is 0.599. The Morgan fingerprint density at radius 1 is 1.26 bits per heavy atom. The molecule has 0 saturated heterocycles. The smallest absolute Gasteiger partial charge is 0.267 e. The van der Waals surface area contributed by atoms with Crippen LogP contribution >= 0.6 is 15.9 Å². The Balaban J connectivity index is 2.10. The molecule has 0 spiro atoms. The van der Waals surface area contributed by atoms with Crippen molar-refractivity contribution < 1.29 is 0 Å². The summed E-state index contributed by atoms with van der Waals surface area (Å²) in [5.74, 6) is 0. The lowest BCUT2D eigenvalue weighted by Gasteiger charge is -2.04. The van der Waals surface area contributed by atoms with Crippen molar-refractivity contribution in [2.24, 2.45) is 0 Å². The van der Waals surface area contributed by atoms with Gasteiger partial charge >= 0.3 is 0 Å². The van der Waals surface area contributed by atoms with Crippen molar-refractivity contribution in [3.05, 3.63) is 63.1 Å². The lowest BCUT2D eigenvalue weighted by atomic mass is 10.2. The number of hydrogen-bond acceptors (Lipinski definition) is 4. The molecule has 0 amide bonds. The maximum atomic E-state index is 12.3. The molecule has 2 aromatic heterocycles. The SMILES string of the molecule is O=c1c2cc(Br)ccc2nnn1Cc1cccnc1. The van der Waals surface area contributed by atoms with Gasteiger partial charge in [0.05, 0.1) is 11.9 Å². The van der Waals surface area contributed by atoms with Crippen LogP contribution in [0.1, 0.15) is 5.56 Å². The van der Waals surface area contributed by atoms with Crippen LogP contribution in [0.25, 0.3) is 10.9 Å². The first kappa shape index (κ1) is 12.0. The molecule has 0 aliphatic rings. The molecular formula is C13H9BrN4O. The van der Waals surface area contributed by atoms with E-state index >= 15 is 0 Å². The fourth-order valence-electron chi connectivity index (χ4n) is 1.82. The zero-order valence-corrected chi connectivity index (χ0v) is 11.4. The molecule has 19 heavy (non-hydrogen) atoms. The Bertz CT molecular complexity index is 786. The molecule has 0 bridgehead atoms. The molecular weight excluding hydrogens is 308 g/mol. The van der Waals surface area contributed by atoms with Gasteiger partial charge in [-0.1, -0.05) is 27.2 Å². The molecule has 1 aromatic carbocycles. The third-order valence-electron chi connectivity index (χ3n) is 2.74. The molecule has 0 radical (unpaired) electrons. The Hall–Kier alpha value is -2.08. The summed E-state index contributed by atoms with van der Waals surface area (Å²) in [4.78, 5) is 16.3. The zero-order valence-electron chi connectivity index (χ0n) is 9.82. The molecule has 0 atom stereocenters. The second-order valence-electron chi connectivity index (χ2n) is 4.07. The van der Waals surface area contributed by atoms with E-state index in [0.29, 0.717) is 17.4 Å². The molecule has 0 fully saturated rings. The van der Waals surface area contributed by atoms with Crippen molar-refractivity contribution in [3.8, 4) is 0 Å². The van der Waals surface area contributed by atoms with Gasteiger partial charge in [0, 0.05) is 16.9 Å². The van der Waals surface area contributed by atoms with E-state index in [2.05, 4.69) is 31.2 Å². The summed E-state index contributed by atoms with van der Waals surface area (Å²) < 4.78 is 2.18. The summed E-state index contributed by atoms with van der Waals surface area (Å²) in [6.07, 6.45) is 3.40. The number of halogens is 1. The van der Waals surface area contributed by atoms with Gasteiger partial charge in [0.2, 0.25) is 0 Å². The lowest BCUT2D eigenvalue weighted by Crippen LogP contribution is -2.24. The fourth-order valence-corrected chi connectivity index (χ4v) is 2.18. The first-order chi connectivity index (χ1) is 9.24.